The van der Waals surface area contributed by atoms with Gasteiger partial charge in [-0.2, -0.15) is 0 Å². The zero-order valence-corrected chi connectivity index (χ0v) is 16.0. The molecule has 0 saturated heterocycles. The number of carbonyl (C=O) groups is 1. The molecule has 1 amide bonds. The number of nitrogens with two attached hydrogens (primary N) is 1. The lowest BCUT2D eigenvalue weighted by Gasteiger charge is -2.17. The Labute approximate surface area is 163 Å². The first-order valence-electron chi connectivity index (χ1n) is 8.79. The van der Waals surface area contributed by atoms with Crippen LogP contribution >= 0.6 is 11.6 Å². The van der Waals surface area contributed by atoms with Crippen LogP contribution in [0, 0.1) is 11.7 Å². The average Bonchev–Trinajstić information content (AvgIpc) is 2.65. The van der Waals surface area contributed by atoms with Gasteiger partial charge in [0.2, 0.25) is 5.91 Å². The van der Waals surface area contributed by atoms with E-state index in [4.69, 9.17) is 17.3 Å². The Morgan fingerprint density at radius 2 is 1.89 bits per heavy atom. The van der Waals surface area contributed by atoms with Gasteiger partial charge in [0, 0.05) is 18.1 Å². The fourth-order valence-corrected chi connectivity index (χ4v) is 2.73. The second kappa shape index (κ2) is 10.5. The molecule has 0 spiro atoms. The number of nitrogens with zero attached hydrogens (tertiary/aromatic N) is 1. The molecule has 0 aromatic heterocycles. The van der Waals surface area contributed by atoms with Crippen LogP contribution in [0.25, 0.3) is 0 Å². The lowest BCUT2D eigenvalue weighted by molar-refractivity contribution is -0.121. The Morgan fingerprint density at radius 3 is 2.52 bits per heavy atom. The minimum Gasteiger partial charge on any atom is -0.369 e. The number of primary amides is 1. The maximum Gasteiger partial charge on any atom is 0.222 e. The standard InChI is InChI=1S/C20H24ClFN4O/c1-2-24-20(25-12-15-5-3-4-6-18(15)21)26-13-16(19(23)27)11-14-7-9-17(22)10-8-14/h3-10,16H,2,11-13H2,1H3,(H2,23,27)(H2,24,25,26). The number of hydrogen-bond acceptors (Lipinski definition) is 2. The highest BCUT2D eigenvalue weighted by atomic mass is 35.5. The SMILES string of the molecule is CCNC(=NCc1ccccc1Cl)NCC(Cc1ccc(F)cc1)C(N)=O. The van der Waals surface area contributed by atoms with E-state index >= 15 is 0 Å². The van der Waals surface area contributed by atoms with E-state index in [1.54, 1.807) is 12.1 Å². The van der Waals surface area contributed by atoms with E-state index in [0.29, 0.717) is 37.0 Å². The Morgan fingerprint density at radius 1 is 1.19 bits per heavy atom. The molecule has 0 fully saturated rings. The maximum absolute atomic E-state index is 13.0. The van der Waals surface area contributed by atoms with Crippen molar-refractivity contribution in [2.75, 3.05) is 13.1 Å². The normalized spacial score (nSPS) is 12.5. The predicted molar refractivity (Wildman–Crippen MR) is 107 cm³/mol. The maximum atomic E-state index is 13.0. The molecule has 0 aliphatic carbocycles. The molecule has 2 aromatic carbocycles. The highest BCUT2D eigenvalue weighted by Crippen LogP contribution is 2.15. The van der Waals surface area contributed by atoms with Crippen molar-refractivity contribution >= 4 is 23.5 Å². The molecule has 0 aliphatic heterocycles. The third-order valence-electron chi connectivity index (χ3n) is 4.02. The van der Waals surface area contributed by atoms with Crippen LogP contribution in [0.3, 0.4) is 0 Å². The molecule has 144 valence electrons. The van der Waals surface area contributed by atoms with Crippen molar-refractivity contribution in [2.45, 2.75) is 19.9 Å². The van der Waals surface area contributed by atoms with Gasteiger partial charge < -0.3 is 16.4 Å². The first kappa shape index (κ1) is 20.7. The average molecular weight is 391 g/mol. The number of hydrogen-bond donors (Lipinski definition) is 3. The molecule has 2 rings (SSSR count). The van der Waals surface area contributed by atoms with Gasteiger partial charge in [0.1, 0.15) is 5.82 Å². The summed E-state index contributed by atoms with van der Waals surface area (Å²) in [6, 6.07) is 13.6. The van der Waals surface area contributed by atoms with Crippen LogP contribution in [-0.2, 0) is 17.8 Å². The summed E-state index contributed by atoms with van der Waals surface area (Å²) in [5.41, 5.74) is 7.29. The van der Waals surface area contributed by atoms with Crippen molar-refractivity contribution in [2.24, 2.45) is 16.6 Å². The molecule has 27 heavy (non-hydrogen) atoms. The predicted octanol–water partition coefficient (Wildman–Crippen LogP) is 2.88. The molecule has 1 unspecified atom stereocenters. The van der Waals surface area contributed by atoms with Crippen LogP contribution in [0.2, 0.25) is 5.02 Å². The number of benzene rings is 2. The van der Waals surface area contributed by atoms with Gasteiger partial charge in [0.05, 0.1) is 12.5 Å². The summed E-state index contributed by atoms with van der Waals surface area (Å²) in [6.45, 7) is 3.36. The van der Waals surface area contributed by atoms with Crippen LogP contribution in [0.4, 0.5) is 4.39 Å². The number of amides is 1. The van der Waals surface area contributed by atoms with Crippen LogP contribution < -0.4 is 16.4 Å². The minimum atomic E-state index is -0.445. The van der Waals surface area contributed by atoms with Gasteiger partial charge in [0.15, 0.2) is 5.96 Å². The van der Waals surface area contributed by atoms with Crippen LogP contribution in [-0.4, -0.2) is 25.0 Å². The molecule has 7 heteroatoms. The van der Waals surface area contributed by atoms with Crippen molar-refractivity contribution in [3.8, 4) is 0 Å². The smallest absolute Gasteiger partial charge is 0.222 e. The van der Waals surface area contributed by atoms with Gasteiger partial charge in [-0.1, -0.05) is 41.9 Å². The molecule has 0 saturated carbocycles. The van der Waals surface area contributed by atoms with E-state index in [0.717, 1.165) is 11.1 Å². The summed E-state index contributed by atoms with van der Waals surface area (Å²) >= 11 is 6.16. The molecule has 0 radical (unpaired) electrons. The van der Waals surface area contributed by atoms with E-state index in [-0.39, 0.29) is 5.82 Å². The van der Waals surface area contributed by atoms with Crippen molar-refractivity contribution < 1.29 is 9.18 Å². The zero-order chi connectivity index (χ0) is 19.6. The number of aliphatic imine (C=N–C) groups is 1. The van der Waals surface area contributed by atoms with Gasteiger partial charge in [-0.3, -0.25) is 4.79 Å². The van der Waals surface area contributed by atoms with Gasteiger partial charge >= 0.3 is 0 Å². The molecule has 0 bridgehead atoms. The summed E-state index contributed by atoms with van der Waals surface area (Å²) in [5.74, 6) is -0.607. The van der Waals surface area contributed by atoms with E-state index in [1.165, 1.54) is 12.1 Å². The quantitative estimate of drug-likeness (QED) is 0.479. The summed E-state index contributed by atoms with van der Waals surface area (Å²) in [7, 11) is 0. The largest absolute Gasteiger partial charge is 0.369 e. The summed E-state index contributed by atoms with van der Waals surface area (Å²) in [6.07, 6.45) is 0.423. The highest BCUT2D eigenvalue weighted by Gasteiger charge is 2.16. The summed E-state index contributed by atoms with van der Waals surface area (Å²) in [5, 5.41) is 6.93. The highest BCUT2D eigenvalue weighted by molar-refractivity contribution is 6.31. The molecule has 5 nitrogen and oxygen atoms in total. The number of guanidine groups is 1. The van der Waals surface area contributed by atoms with E-state index in [1.807, 2.05) is 31.2 Å². The number of halogens is 2. The zero-order valence-electron chi connectivity index (χ0n) is 15.2. The monoisotopic (exact) mass is 390 g/mol. The van der Waals surface area contributed by atoms with Crippen LogP contribution in [0.5, 0.6) is 0 Å². The topological polar surface area (TPSA) is 79.5 Å². The molecule has 4 N–H and O–H groups in total. The summed E-state index contributed by atoms with van der Waals surface area (Å²) < 4.78 is 13.0. The van der Waals surface area contributed by atoms with E-state index in [2.05, 4.69) is 15.6 Å². The molecule has 0 heterocycles. The Bertz CT molecular complexity index is 780. The summed E-state index contributed by atoms with van der Waals surface area (Å²) in [4.78, 5) is 16.3. The molecule has 0 aliphatic rings. The lowest BCUT2D eigenvalue weighted by atomic mass is 9.98. The van der Waals surface area contributed by atoms with Crippen LogP contribution in [0.1, 0.15) is 18.1 Å². The second-order valence-electron chi connectivity index (χ2n) is 6.10. The minimum absolute atomic E-state index is 0.311. The molecule has 1 atom stereocenters. The lowest BCUT2D eigenvalue weighted by Crippen LogP contribution is -2.43. The van der Waals surface area contributed by atoms with E-state index in [9.17, 15) is 9.18 Å². The number of nitrogens with one attached hydrogen (secondary N) is 2. The van der Waals surface area contributed by atoms with Gasteiger partial charge in [-0.25, -0.2) is 9.38 Å². The number of carbonyl (C=O) groups excluding carboxylic acids is 1. The van der Waals surface area contributed by atoms with Crippen LogP contribution in [0.15, 0.2) is 53.5 Å². The fourth-order valence-electron chi connectivity index (χ4n) is 2.53. The molecular formula is C20H24ClFN4O. The Balaban J connectivity index is 2.00. The van der Waals surface area contributed by atoms with E-state index < -0.39 is 11.8 Å². The van der Waals surface area contributed by atoms with Gasteiger partial charge in [-0.05, 0) is 42.7 Å². The Hall–Kier alpha value is -2.60. The van der Waals surface area contributed by atoms with Crippen molar-refractivity contribution in [1.82, 2.24) is 10.6 Å². The van der Waals surface area contributed by atoms with Crippen molar-refractivity contribution in [3.63, 3.8) is 0 Å². The Kier molecular flexibility index (Phi) is 8.07. The van der Waals surface area contributed by atoms with Gasteiger partial charge in [-0.15, -0.1) is 0 Å². The number of rotatable bonds is 8. The van der Waals surface area contributed by atoms with Crippen molar-refractivity contribution in [3.05, 3.63) is 70.5 Å². The second-order valence-corrected chi connectivity index (χ2v) is 6.50. The van der Waals surface area contributed by atoms with Gasteiger partial charge in [0.25, 0.3) is 0 Å². The third-order valence-corrected chi connectivity index (χ3v) is 4.39. The first-order chi connectivity index (χ1) is 13.0. The first-order valence-corrected chi connectivity index (χ1v) is 9.16. The molecule has 2 aromatic rings. The molecular weight excluding hydrogens is 367 g/mol. The fraction of sp³-hybridized carbons (Fsp3) is 0.300. The van der Waals surface area contributed by atoms with Crippen molar-refractivity contribution in [1.29, 1.82) is 0 Å². The third kappa shape index (κ3) is 6.90.